The first-order valence-corrected chi connectivity index (χ1v) is 5.89. The Hall–Kier alpha value is -1.84. The van der Waals surface area contributed by atoms with Gasteiger partial charge in [-0.1, -0.05) is 12.2 Å². The Labute approximate surface area is 99.4 Å². The van der Waals surface area contributed by atoms with Gasteiger partial charge in [-0.05, 0) is 25.3 Å². The van der Waals surface area contributed by atoms with Crippen molar-refractivity contribution in [1.29, 1.82) is 0 Å². The monoisotopic (exact) mass is 230 g/mol. The molecule has 1 aliphatic carbocycles. The zero-order chi connectivity index (χ0) is 11.8. The van der Waals surface area contributed by atoms with Gasteiger partial charge in [0.15, 0.2) is 0 Å². The van der Waals surface area contributed by atoms with Gasteiger partial charge in [0.05, 0.1) is 0 Å². The molecule has 0 bridgehead atoms. The Morgan fingerprint density at radius 2 is 2.35 bits per heavy atom. The number of carboxylic acid groups (broad SMARTS) is 1. The Kier molecular flexibility index (Phi) is 2.35. The van der Waals surface area contributed by atoms with Crippen LogP contribution < -0.4 is 5.32 Å². The molecule has 0 aromatic carbocycles. The van der Waals surface area contributed by atoms with Gasteiger partial charge in [-0.2, -0.15) is 0 Å². The average Bonchev–Trinajstić information content (AvgIpc) is 2.61. The minimum absolute atomic E-state index is 0.354. The number of nitrogens with zero attached hydrogens (tertiary/aromatic N) is 1. The van der Waals surface area contributed by atoms with Crippen molar-refractivity contribution < 1.29 is 9.90 Å². The van der Waals surface area contributed by atoms with Gasteiger partial charge in [-0.15, -0.1) is 0 Å². The molecule has 2 atom stereocenters. The summed E-state index contributed by atoms with van der Waals surface area (Å²) in [6.07, 6.45) is 10.3. The molecule has 0 spiro atoms. The minimum Gasteiger partial charge on any atom is -0.480 e. The number of carboxylic acids is 1. The maximum Gasteiger partial charge on any atom is 0.326 e. The van der Waals surface area contributed by atoms with Crippen LogP contribution in [0.5, 0.6) is 0 Å². The second-order valence-corrected chi connectivity index (χ2v) is 4.61. The van der Waals surface area contributed by atoms with Crippen LogP contribution in [0, 0.1) is 5.92 Å². The molecule has 1 saturated heterocycles. The molecule has 2 aliphatic heterocycles. The summed E-state index contributed by atoms with van der Waals surface area (Å²) < 4.78 is 0. The van der Waals surface area contributed by atoms with Gasteiger partial charge in [0.1, 0.15) is 6.04 Å². The number of rotatable bonds is 1. The van der Waals surface area contributed by atoms with Crippen LogP contribution >= 0.6 is 0 Å². The second-order valence-electron chi connectivity index (χ2n) is 4.61. The quantitative estimate of drug-likeness (QED) is 0.719. The summed E-state index contributed by atoms with van der Waals surface area (Å²) in [5, 5.41) is 12.2. The number of hydrogen-bond acceptors (Lipinski definition) is 3. The zero-order valence-electron chi connectivity index (χ0n) is 9.39. The van der Waals surface area contributed by atoms with Gasteiger partial charge in [-0.25, -0.2) is 4.79 Å². The van der Waals surface area contributed by atoms with Crippen LogP contribution in [-0.4, -0.2) is 22.8 Å². The molecule has 0 aromatic heterocycles. The van der Waals surface area contributed by atoms with Gasteiger partial charge in [0.2, 0.25) is 0 Å². The number of allylic oxidation sites excluding steroid dienone is 5. The molecule has 0 saturated carbocycles. The van der Waals surface area contributed by atoms with Crippen LogP contribution in [0.15, 0.2) is 40.7 Å². The van der Waals surface area contributed by atoms with E-state index in [1.165, 1.54) is 0 Å². The lowest BCUT2D eigenvalue weighted by Crippen LogP contribution is -2.30. The topological polar surface area (TPSA) is 61.7 Å². The minimum atomic E-state index is -0.762. The molecule has 4 heteroatoms. The molecule has 2 unspecified atom stereocenters. The van der Waals surface area contributed by atoms with Crippen LogP contribution in [-0.2, 0) is 4.79 Å². The number of carbonyl (C=O) groups is 1. The van der Waals surface area contributed by atoms with Gasteiger partial charge in [-0.3, -0.25) is 4.99 Å². The van der Waals surface area contributed by atoms with E-state index in [9.17, 15) is 4.79 Å². The molecule has 0 radical (unpaired) electrons. The summed E-state index contributed by atoms with van der Waals surface area (Å²) in [5.74, 6) is -0.408. The van der Waals surface area contributed by atoms with E-state index in [-0.39, 0.29) is 0 Å². The Bertz CT molecular complexity index is 486. The van der Waals surface area contributed by atoms with Gasteiger partial charge in [0.25, 0.3) is 0 Å². The Morgan fingerprint density at radius 1 is 1.47 bits per heavy atom. The van der Waals surface area contributed by atoms with Crippen molar-refractivity contribution in [3.8, 4) is 0 Å². The molecular formula is C13H14N2O2. The highest BCUT2D eigenvalue weighted by atomic mass is 16.4. The summed E-state index contributed by atoms with van der Waals surface area (Å²) in [7, 11) is 0. The smallest absolute Gasteiger partial charge is 0.326 e. The molecule has 17 heavy (non-hydrogen) atoms. The SMILES string of the molecule is O=C(O)C1CC2CCC3=NC=CC=CC3=C2N1. The molecule has 4 nitrogen and oxygen atoms in total. The van der Waals surface area contributed by atoms with E-state index in [0.29, 0.717) is 12.3 Å². The van der Waals surface area contributed by atoms with Crippen molar-refractivity contribution in [3.05, 3.63) is 35.7 Å². The van der Waals surface area contributed by atoms with E-state index in [4.69, 9.17) is 5.11 Å². The normalized spacial score (nSPS) is 30.2. The molecule has 2 N–H and O–H groups in total. The molecular weight excluding hydrogens is 216 g/mol. The highest BCUT2D eigenvalue weighted by Gasteiger charge is 2.37. The maximum atomic E-state index is 11.0. The molecule has 1 fully saturated rings. The predicted molar refractivity (Wildman–Crippen MR) is 64.6 cm³/mol. The van der Waals surface area contributed by atoms with E-state index in [2.05, 4.69) is 10.3 Å². The Morgan fingerprint density at radius 3 is 3.18 bits per heavy atom. The van der Waals surface area contributed by atoms with E-state index in [1.54, 1.807) is 6.20 Å². The van der Waals surface area contributed by atoms with Crippen LogP contribution in [0.4, 0.5) is 0 Å². The predicted octanol–water partition coefficient (Wildman–Crippen LogP) is 1.62. The van der Waals surface area contributed by atoms with E-state index in [1.807, 2.05) is 18.2 Å². The summed E-state index contributed by atoms with van der Waals surface area (Å²) in [4.78, 5) is 15.4. The van der Waals surface area contributed by atoms with E-state index < -0.39 is 12.0 Å². The van der Waals surface area contributed by atoms with Crippen LogP contribution in [0.1, 0.15) is 19.3 Å². The van der Waals surface area contributed by atoms with Crippen molar-refractivity contribution >= 4 is 11.7 Å². The van der Waals surface area contributed by atoms with Crippen LogP contribution in [0.25, 0.3) is 0 Å². The van der Waals surface area contributed by atoms with Gasteiger partial charge < -0.3 is 10.4 Å². The van der Waals surface area contributed by atoms with Crippen LogP contribution in [0.2, 0.25) is 0 Å². The molecule has 3 rings (SSSR count). The van der Waals surface area contributed by atoms with E-state index in [0.717, 1.165) is 29.8 Å². The number of aliphatic carboxylic acids is 1. The summed E-state index contributed by atoms with van der Waals surface area (Å²) in [5.41, 5.74) is 3.23. The first-order chi connectivity index (χ1) is 8.25. The average molecular weight is 230 g/mol. The zero-order valence-corrected chi connectivity index (χ0v) is 9.39. The van der Waals surface area contributed by atoms with Gasteiger partial charge in [0, 0.05) is 29.1 Å². The standard InChI is InChI=1S/C13H14N2O2/c16-13(17)11-7-8-4-5-10-9(12(8)15-11)3-1-2-6-14-10/h1-3,6,8,11,15H,4-5,7H2,(H,16,17). The van der Waals surface area contributed by atoms with Crippen molar-refractivity contribution in [2.45, 2.75) is 25.3 Å². The second kappa shape index (κ2) is 3.87. The molecule has 3 aliphatic rings. The van der Waals surface area contributed by atoms with Crippen molar-refractivity contribution in [2.75, 3.05) is 0 Å². The van der Waals surface area contributed by atoms with Crippen molar-refractivity contribution in [2.24, 2.45) is 10.9 Å². The lowest BCUT2D eigenvalue weighted by Gasteiger charge is -2.22. The number of nitrogens with one attached hydrogen (secondary N) is 1. The number of aliphatic imine (C=N–C) groups is 1. The van der Waals surface area contributed by atoms with Crippen LogP contribution in [0.3, 0.4) is 0 Å². The maximum absolute atomic E-state index is 11.0. The van der Waals surface area contributed by atoms with Crippen molar-refractivity contribution in [1.82, 2.24) is 5.32 Å². The first-order valence-electron chi connectivity index (χ1n) is 5.89. The highest BCUT2D eigenvalue weighted by Crippen LogP contribution is 2.36. The molecule has 2 heterocycles. The summed E-state index contributed by atoms with van der Waals surface area (Å²) in [6, 6.07) is -0.438. The lowest BCUT2D eigenvalue weighted by molar-refractivity contribution is -0.139. The number of fused-ring (bicyclic) bond motifs is 2. The molecule has 0 amide bonds. The summed E-state index contributed by atoms with van der Waals surface area (Å²) in [6.45, 7) is 0. The van der Waals surface area contributed by atoms with Gasteiger partial charge >= 0.3 is 5.97 Å². The third-order valence-electron chi connectivity index (χ3n) is 3.58. The fraction of sp³-hybridized carbons (Fsp3) is 0.385. The molecule has 0 aromatic rings. The van der Waals surface area contributed by atoms with E-state index >= 15 is 0 Å². The number of hydrogen-bond donors (Lipinski definition) is 2. The third-order valence-corrected chi connectivity index (χ3v) is 3.58. The third kappa shape index (κ3) is 1.69. The van der Waals surface area contributed by atoms with Crippen molar-refractivity contribution in [3.63, 3.8) is 0 Å². The summed E-state index contributed by atoms with van der Waals surface area (Å²) >= 11 is 0. The fourth-order valence-corrected chi connectivity index (χ4v) is 2.74. The fourth-order valence-electron chi connectivity index (χ4n) is 2.74. The molecule has 88 valence electrons. The lowest BCUT2D eigenvalue weighted by atomic mass is 9.85. The largest absolute Gasteiger partial charge is 0.480 e. The Balaban J connectivity index is 2.01. The highest BCUT2D eigenvalue weighted by molar-refractivity contribution is 6.05. The first kappa shape index (κ1) is 10.3.